The number of pyridine rings is 2. The SMILES string of the molecule is COc1ccc(-c2cc(-c3ccccn3)c3c(n2)N(C)CCC3)cc1. The van der Waals surface area contributed by atoms with Gasteiger partial charge in [-0.25, -0.2) is 4.98 Å². The zero-order chi connectivity index (χ0) is 17.2. The third kappa shape index (κ3) is 2.95. The van der Waals surface area contributed by atoms with Gasteiger partial charge >= 0.3 is 0 Å². The second-order valence-electron chi connectivity index (χ2n) is 6.33. The van der Waals surface area contributed by atoms with Crippen LogP contribution in [0.4, 0.5) is 5.82 Å². The van der Waals surface area contributed by atoms with E-state index in [2.05, 4.69) is 41.2 Å². The first-order valence-electron chi connectivity index (χ1n) is 8.57. The van der Waals surface area contributed by atoms with Gasteiger partial charge < -0.3 is 9.64 Å². The molecule has 0 spiro atoms. The second-order valence-corrected chi connectivity index (χ2v) is 6.33. The van der Waals surface area contributed by atoms with E-state index >= 15 is 0 Å². The molecule has 4 rings (SSSR count). The fourth-order valence-electron chi connectivity index (χ4n) is 3.38. The molecule has 0 amide bonds. The van der Waals surface area contributed by atoms with Crippen molar-refractivity contribution in [1.29, 1.82) is 0 Å². The summed E-state index contributed by atoms with van der Waals surface area (Å²) in [6.45, 7) is 1.04. The van der Waals surface area contributed by atoms with E-state index in [0.29, 0.717) is 0 Å². The minimum absolute atomic E-state index is 0.851. The van der Waals surface area contributed by atoms with Gasteiger partial charge in [0.05, 0.1) is 18.5 Å². The fraction of sp³-hybridized carbons (Fsp3) is 0.238. The van der Waals surface area contributed by atoms with Gasteiger partial charge in [0.15, 0.2) is 0 Å². The fourth-order valence-corrected chi connectivity index (χ4v) is 3.38. The third-order valence-corrected chi connectivity index (χ3v) is 4.71. The number of anilines is 1. The summed E-state index contributed by atoms with van der Waals surface area (Å²) in [5.74, 6) is 1.92. The van der Waals surface area contributed by atoms with E-state index in [0.717, 1.165) is 47.9 Å². The Morgan fingerprint density at radius 3 is 2.60 bits per heavy atom. The molecular weight excluding hydrogens is 310 g/mol. The number of nitrogens with zero attached hydrogens (tertiary/aromatic N) is 3. The molecule has 126 valence electrons. The molecule has 0 saturated carbocycles. The molecule has 2 aromatic heterocycles. The van der Waals surface area contributed by atoms with Crippen LogP contribution in [0.1, 0.15) is 12.0 Å². The standard InChI is InChI=1S/C21H21N3O/c1-24-13-5-6-17-18(19-7-3-4-12-22-19)14-20(23-21(17)24)15-8-10-16(25-2)11-9-15/h3-4,7-12,14H,5-6,13H2,1-2H3. The van der Waals surface area contributed by atoms with Crippen molar-refractivity contribution >= 4 is 5.82 Å². The van der Waals surface area contributed by atoms with Gasteiger partial charge in [0, 0.05) is 36.5 Å². The summed E-state index contributed by atoms with van der Waals surface area (Å²) >= 11 is 0. The van der Waals surface area contributed by atoms with E-state index in [-0.39, 0.29) is 0 Å². The molecule has 0 N–H and O–H groups in total. The van der Waals surface area contributed by atoms with Crippen molar-refractivity contribution in [3.05, 3.63) is 60.3 Å². The van der Waals surface area contributed by atoms with Gasteiger partial charge in [-0.1, -0.05) is 6.07 Å². The number of aromatic nitrogens is 2. The molecule has 3 heterocycles. The molecule has 0 bridgehead atoms. The molecule has 25 heavy (non-hydrogen) atoms. The molecule has 0 unspecified atom stereocenters. The Labute approximate surface area is 148 Å². The van der Waals surface area contributed by atoms with Crippen molar-refractivity contribution < 1.29 is 4.74 Å². The summed E-state index contributed by atoms with van der Waals surface area (Å²) in [4.78, 5) is 11.8. The number of hydrogen-bond acceptors (Lipinski definition) is 4. The van der Waals surface area contributed by atoms with Crippen LogP contribution in [0.5, 0.6) is 5.75 Å². The van der Waals surface area contributed by atoms with Crippen LogP contribution in [0.3, 0.4) is 0 Å². The maximum atomic E-state index is 5.27. The monoisotopic (exact) mass is 331 g/mol. The summed E-state index contributed by atoms with van der Waals surface area (Å²) < 4.78 is 5.27. The number of hydrogen-bond donors (Lipinski definition) is 0. The molecule has 4 heteroatoms. The van der Waals surface area contributed by atoms with Crippen LogP contribution in [0.2, 0.25) is 0 Å². The van der Waals surface area contributed by atoms with E-state index in [9.17, 15) is 0 Å². The lowest BCUT2D eigenvalue weighted by Crippen LogP contribution is -2.26. The molecule has 4 nitrogen and oxygen atoms in total. The second kappa shape index (κ2) is 6.55. The molecule has 0 aliphatic carbocycles. The average molecular weight is 331 g/mol. The molecule has 1 aliphatic rings. The van der Waals surface area contributed by atoms with Crippen molar-refractivity contribution in [3.63, 3.8) is 0 Å². The molecular formula is C21H21N3O. The lowest BCUT2D eigenvalue weighted by molar-refractivity contribution is 0.415. The van der Waals surface area contributed by atoms with E-state index in [1.165, 1.54) is 11.1 Å². The summed E-state index contributed by atoms with van der Waals surface area (Å²) in [6, 6.07) is 16.3. The molecule has 3 aromatic rings. The zero-order valence-corrected chi connectivity index (χ0v) is 14.6. The van der Waals surface area contributed by atoms with Gasteiger partial charge in [-0.2, -0.15) is 0 Å². The van der Waals surface area contributed by atoms with Gasteiger partial charge in [-0.15, -0.1) is 0 Å². The van der Waals surface area contributed by atoms with Crippen molar-refractivity contribution in [3.8, 4) is 28.3 Å². The largest absolute Gasteiger partial charge is 0.497 e. The van der Waals surface area contributed by atoms with E-state index in [1.54, 1.807) is 7.11 Å². The topological polar surface area (TPSA) is 38.3 Å². The Morgan fingerprint density at radius 1 is 1.04 bits per heavy atom. The van der Waals surface area contributed by atoms with Gasteiger partial charge in [0.25, 0.3) is 0 Å². The van der Waals surface area contributed by atoms with Gasteiger partial charge in [-0.3, -0.25) is 4.98 Å². The average Bonchev–Trinajstić information content (AvgIpc) is 2.68. The Bertz CT molecular complexity index is 876. The van der Waals surface area contributed by atoms with E-state index in [1.807, 2.05) is 30.5 Å². The Balaban J connectivity index is 1.89. The van der Waals surface area contributed by atoms with E-state index < -0.39 is 0 Å². The lowest BCUT2D eigenvalue weighted by atomic mass is 9.95. The minimum Gasteiger partial charge on any atom is -0.497 e. The maximum absolute atomic E-state index is 5.27. The first kappa shape index (κ1) is 15.6. The molecule has 0 atom stereocenters. The number of methoxy groups -OCH3 is 1. The maximum Gasteiger partial charge on any atom is 0.132 e. The van der Waals surface area contributed by atoms with Crippen LogP contribution >= 0.6 is 0 Å². The Morgan fingerprint density at radius 2 is 1.88 bits per heavy atom. The number of benzene rings is 1. The highest BCUT2D eigenvalue weighted by molar-refractivity contribution is 5.77. The van der Waals surface area contributed by atoms with E-state index in [4.69, 9.17) is 9.72 Å². The van der Waals surface area contributed by atoms with Crippen LogP contribution in [0.15, 0.2) is 54.7 Å². The zero-order valence-electron chi connectivity index (χ0n) is 14.6. The van der Waals surface area contributed by atoms with Crippen molar-refractivity contribution in [1.82, 2.24) is 9.97 Å². The predicted molar refractivity (Wildman–Crippen MR) is 101 cm³/mol. The molecule has 0 saturated heterocycles. The van der Waals surface area contributed by atoms with Crippen LogP contribution < -0.4 is 9.64 Å². The van der Waals surface area contributed by atoms with Crippen LogP contribution in [-0.2, 0) is 6.42 Å². The Kier molecular flexibility index (Phi) is 4.10. The van der Waals surface area contributed by atoms with Crippen molar-refractivity contribution in [2.45, 2.75) is 12.8 Å². The van der Waals surface area contributed by atoms with Crippen LogP contribution in [0.25, 0.3) is 22.5 Å². The van der Waals surface area contributed by atoms with Crippen LogP contribution in [-0.4, -0.2) is 30.7 Å². The molecule has 0 radical (unpaired) electrons. The van der Waals surface area contributed by atoms with Gasteiger partial charge in [0.1, 0.15) is 11.6 Å². The summed E-state index contributed by atoms with van der Waals surface area (Å²) in [6.07, 6.45) is 4.04. The summed E-state index contributed by atoms with van der Waals surface area (Å²) in [5.41, 5.74) is 5.54. The highest BCUT2D eigenvalue weighted by atomic mass is 16.5. The molecule has 1 aromatic carbocycles. The highest BCUT2D eigenvalue weighted by Crippen LogP contribution is 2.36. The summed E-state index contributed by atoms with van der Waals surface area (Å²) in [5, 5.41) is 0. The normalized spacial score (nSPS) is 13.4. The Hall–Kier alpha value is -2.88. The predicted octanol–water partition coefficient (Wildman–Crippen LogP) is 4.20. The first-order chi connectivity index (χ1) is 12.3. The summed E-state index contributed by atoms with van der Waals surface area (Å²) in [7, 11) is 3.80. The van der Waals surface area contributed by atoms with Gasteiger partial charge in [0.2, 0.25) is 0 Å². The van der Waals surface area contributed by atoms with Crippen molar-refractivity contribution in [2.24, 2.45) is 0 Å². The van der Waals surface area contributed by atoms with Gasteiger partial charge in [-0.05, 0) is 55.3 Å². The minimum atomic E-state index is 0.851. The number of rotatable bonds is 3. The quantitative estimate of drug-likeness (QED) is 0.721. The third-order valence-electron chi connectivity index (χ3n) is 4.71. The smallest absolute Gasteiger partial charge is 0.132 e. The number of fused-ring (bicyclic) bond motifs is 1. The highest BCUT2D eigenvalue weighted by Gasteiger charge is 2.21. The molecule has 1 aliphatic heterocycles. The van der Waals surface area contributed by atoms with Crippen molar-refractivity contribution in [2.75, 3.05) is 25.6 Å². The lowest BCUT2D eigenvalue weighted by Gasteiger charge is -2.28. The molecule has 0 fully saturated rings. The first-order valence-corrected chi connectivity index (χ1v) is 8.57. The number of ether oxygens (including phenoxy) is 1. The van der Waals surface area contributed by atoms with Crippen LogP contribution in [0, 0.1) is 0 Å².